The van der Waals surface area contributed by atoms with Gasteiger partial charge in [-0.3, -0.25) is 14.4 Å². The van der Waals surface area contributed by atoms with Crippen LogP contribution >= 0.6 is 0 Å². The average molecular weight is 349 g/mol. The van der Waals surface area contributed by atoms with Crippen molar-refractivity contribution in [1.29, 1.82) is 0 Å². The number of hydrogen-bond acceptors (Lipinski definition) is 3. The van der Waals surface area contributed by atoms with Gasteiger partial charge in [0.2, 0.25) is 0 Å². The molecule has 1 atom stereocenters. The largest absolute Gasteiger partial charge is 0.345 e. The maximum Gasteiger partial charge on any atom is 0.313 e. The van der Waals surface area contributed by atoms with Crippen LogP contribution < -0.4 is 16.2 Å². The van der Waals surface area contributed by atoms with Crippen LogP contribution in [0.4, 0.5) is 5.69 Å². The van der Waals surface area contributed by atoms with E-state index < -0.39 is 11.8 Å². The summed E-state index contributed by atoms with van der Waals surface area (Å²) in [5.74, 6) is -1.36. The first-order valence-corrected chi connectivity index (χ1v) is 9.01. The lowest BCUT2D eigenvalue weighted by Gasteiger charge is -2.31. The second-order valence-corrected chi connectivity index (χ2v) is 7.38. The zero-order valence-corrected chi connectivity index (χ0v) is 16.0. The maximum absolute atomic E-state index is 12.3. The van der Waals surface area contributed by atoms with Crippen molar-refractivity contribution >= 4 is 17.5 Å². The fraction of sp³-hybridized carbons (Fsp3) is 0.632. The molecule has 1 aromatic rings. The molecule has 6 heteroatoms. The van der Waals surface area contributed by atoms with Crippen LogP contribution in [0.2, 0.25) is 0 Å². The Morgan fingerprint density at radius 2 is 1.80 bits per heavy atom. The monoisotopic (exact) mass is 349 g/mol. The molecule has 1 unspecified atom stereocenters. The summed E-state index contributed by atoms with van der Waals surface area (Å²) in [4.78, 5) is 36.0. The summed E-state index contributed by atoms with van der Waals surface area (Å²) in [5, 5.41) is 5.41. The standard InChI is InChI=1S/C19H31N3O3/c1-6-8-9-10-15(19(3,4)5)21-18(25)17(24)20-14-11-12-16(23)22(7-2)13-14/h11-13,15H,6-10H2,1-5H3,(H,20,24)(H,21,25). The number of aromatic nitrogens is 1. The predicted octanol–water partition coefficient (Wildman–Crippen LogP) is 2.92. The van der Waals surface area contributed by atoms with Crippen molar-refractivity contribution < 1.29 is 9.59 Å². The molecule has 0 saturated heterocycles. The molecule has 0 aliphatic heterocycles. The number of carbonyl (C=O) groups excluding carboxylic acids is 2. The first kappa shape index (κ1) is 20.9. The van der Waals surface area contributed by atoms with Crippen LogP contribution in [-0.4, -0.2) is 22.4 Å². The van der Waals surface area contributed by atoms with Gasteiger partial charge in [0.05, 0.1) is 5.69 Å². The maximum atomic E-state index is 12.3. The third-order valence-corrected chi connectivity index (χ3v) is 4.24. The fourth-order valence-electron chi connectivity index (χ4n) is 2.58. The van der Waals surface area contributed by atoms with Gasteiger partial charge >= 0.3 is 11.8 Å². The molecule has 1 aromatic heterocycles. The van der Waals surface area contributed by atoms with Gasteiger partial charge in [0.1, 0.15) is 0 Å². The van der Waals surface area contributed by atoms with E-state index in [0.29, 0.717) is 12.2 Å². The number of pyridine rings is 1. The minimum absolute atomic E-state index is 0.0677. The Labute approximate surface area is 150 Å². The predicted molar refractivity (Wildman–Crippen MR) is 101 cm³/mol. The quantitative estimate of drug-likeness (QED) is 0.587. The van der Waals surface area contributed by atoms with Gasteiger partial charge in [-0.25, -0.2) is 0 Å². The van der Waals surface area contributed by atoms with Crippen LogP contribution in [0.15, 0.2) is 23.1 Å². The number of rotatable bonds is 7. The Hall–Kier alpha value is -2.11. The molecule has 0 radical (unpaired) electrons. The van der Waals surface area contributed by atoms with E-state index in [1.165, 1.54) is 22.9 Å². The van der Waals surface area contributed by atoms with Crippen LogP contribution in [0.25, 0.3) is 0 Å². The molecule has 1 heterocycles. The highest BCUT2D eigenvalue weighted by Gasteiger charge is 2.28. The van der Waals surface area contributed by atoms with Crippen LogP contribution in [0.5, 0.6) is 0 Å². The molecule has 0 aliphatic carbocycles. The number of aryl methyl sites for hydroxylation is 1. The van der Waals surface area contributed by atoms with Crippen LogP contribution in [0.3, 0.4) is 0 Å². The third-order valence-electron chi connectivity index (χ3n) is 4.24. The molecule has 1 rings (SSSR count). The van der Waals surface area contributed by atoms with Crippen molar-refractivity contribution in [2.24, 2.45) is 5.41 Å². The van der Waals surface area contributed by atoms with Gasteiger partial charge in [0.25, 0.3) is 5.56 Å². The van der Waals surface area contributed by atoms with Crippen LogP contribution in [-0.2, 0) is 16.1 Å². The zero-order valence-electron chi connectivity index (χ0n) is 16.0. The first-order valence-electron chi connectivity index (χ1n) is 9.01. The molecule has 0 spiro atoms. The zero-order chi connectivity index (χ0) is 19.0. The first-order chi connectivity index (χ1) is 11.7. The highest BCUT2D eigenvalue weighted by Crippen LogP contribution is 2.23. The molecule has 6 nitrogen and oxygen atoms in total. The highest BCUT2D eigenvalue weighted by molar-refractivity contribution is 6.39. The lowest BCUT2D eigenvalue weighted by atomic mass is 9.83. The van der Waals surface area contributed by atoms with E-state index in [4.69, 9.17) is 0 Å². The van der Waals surface area contributed by atoms with Crippen molar-refractivity contribution in [1.82, 2.24) is 9.88 Å². The lowest BCUT2D eigenvalue weighted by molar-refractivity contribution is -0.137. The summed E-state index contributed by atoms with van der Waals surface area (Å²) in [5.41, 5.74) is 0.160. The van der Waals surface area contributed by atoms with E-state index in [1.54, 1.807) is 0 Å². The lowest BCUT2D eigenvalue weighted by Crippen LogP contribution is -2.47. The van der Waals surface area contributed by atoms with Crippen molar-refractivity contribution in [3.8, 4) is 0 Å². The summed E-state index contributed by atoms with van der Waals surface area (Å²) >= 11 is 0. The van der Waals surface area contributed by atoms with Crippen molar-refractivity contribution in [2.45, 2.75) is 72.9 Å². The number of anilines is 1. The summed E-state index contributed by atoms with van der Waals surface area (Å²) in [6.07, 6.45) is 5.61. The van der Waals surface area contributed by atoms with E-state index in [0.717, 1.165) is 25.7 Å². The molecule has 25 heavy (non-hydrogen) atoms. The minimum Gasteiger partial charge on any atom is -0.345 e. The highest BCUT2D eigenvalue weighted by atomic mass is 16.2. The molecule has 2 N–H and O–H groups in total. The van der Waals surface area contributed by atoms with Crippen LogP contribution in [0, 0.1) is 5.41 Å². The minimum atomic E-state index is -0.717. The number of carbonyl (C=O) groups is 2. The third kappa shape index (κ3) is 6.72. The number of hydrogen-bond donors (Lipinski definition) is 2. The van der Waals surface area contributed by atoms with Gasteiger partial charge in [0.15, 0.2) is 0 Å². The van der Waals surface area contributed by atoms with Gasteiger partial charge in [0, 0.05) is 24.8 Å². The van der Waals surface area contributed by atoms with E-state index in [-0.39, 0.29) is 17.0 Å². The van der Waals surface area contributed by atoms with Crippen LogP contribution in [0.1, 0.15) is 60.3 Å². The van der Waals surface area contributed by atoms with Gasteiger partial charge in [-0.1, -0.05) is 47.0 Å². The Balaban J connectivity index is 2.73. The molecule has 2 amide bonds. The van der Waals surface area contributed by atoms with Gasteiger partial charge in [-0.15, -0.1) is 0 Å². The SMILES string of the molecule is CCCCCC(NC(=O)C(=O)Nc1ccc(=O)n(CC)c1)C(C)(C)C. The second-order valence-electron chi connectivity index (χ2n) is 7.38. The molecule has 0 bridgehead atoms. The van der Waals surface area contributed by atoms with Crippen molar-refractivity contribution in [3.05, 3.63) is 28.7 Å². The number of nitrogens with one attached hydrogen (secondary N) is 2. The molecule has 140 valence electrons. The number of amides is 2. The molecule has 0 aromatic carbocycles. The van der Waals surface area contributed by atoms with Crippen molar-refractivity contribution in [3.63, 3.8) is 0 Å². The van der Waals surface area contributed by atoms with Crippen molar-refractivity contribution in [2.75, 3.05) is 5.32 Å². The van der Waals surface area contributed by atoms with Gasteiger partial charge < -0.3 is 15.2 Å². The van der Waals surface area contributed by atoms with E-state index in [9.17, 15) is 14.4 Å². The Morgan fingerprint density at radius 3 is 2.36 bits per heavy atom. The summed E-state index contributed by atoms with van der Waals surface area (Å²) in [6, 6.07) is 2.81. The average Bonchev–Trinajstić information content (AvgIpc) is 2.54. The van der Waals surface area contributed by atoms with E-state index in [1.807, 2.05) is 6.92 Å². The van der Waals surface area contributed by atoms with Gasteiger partial charge in [-0.05, 0) is 24.8 Å². The Morgan fingerprint density at radius 1 is 1.12 bits per heavy atom. The normalized spacial score (nSPS) is 12.5. The van der Waals surface area contributed by atoms with E-state index in [2.05, 4.69) is 38.3 Å². The molecule has 0 fully saturated rings. The second kappa shape index (κ2) is 9.39. The number of nitrogens with zero attached hydrogens (tertiary/aromatic N) is 1. The summed E-state index contributed by atoms with van der Waals surface area (Å²) in [6.45, 7) is 10.6. The smallest absolute Gasteiger partial charge is 0.313 e. The molecular formula is C19H31N3O3. The molecular weight excluding hydrogens is 318 g/mol. The topological polar surface area (TPSA) is 80.2 Å². The number of unbranched alkanes of at least 4 members (excludes halogenated alkanes) is 2. The summed E-state index contributed by atoms with van der Waals surface area (Å²) in [7, 11) is 0. The summed E-state index contributed by atoms with van der Waals surface area (Å²) < 4.78 is 1.47. The fourth-order valence-corrected chi connectivity index (χ4v) is 2.58. The van der Waals surface area contributed by atoms with Gasteiger partial charge in [-0.2, -0.15) is 0 Å². The Bertz CT molecular complexity index is 644. The molecule has 0 aliphatic rings. The van der Waals surface area contributed by atoms with E-state index >= 15 is 0 Å². The Kier molecular flexibility index (Phi) is 7.87. The molecule has 0 saturated carbocycles.